The topological polar surface area (TPSA) is 198 Å². The fraction of sp³-hybridized carbons (Fsp3) is 1.00. The molecule has 1 saturated heterocycles. The van der Waals surface area contributed by atoms with Gasteiger partial charge in [0.2, 0.25) is 0 Å². The lowest BCUT2D eigenvalue weighted by atomic mass is 9.69. The minimum atomic E-state index is -1.06. The van der Waals surface area contributed by atoms with Gasteiger partial charge >= 0.3 is 0 Å². The Morgan fingerprint density at radius 3 is 2.48 bits per heavy atom. The maximum atomic E-state index is 10.5. The SMILES string of the molecule is CC1CC(NCC(O)CN)CC(N)C1C1OC(CNCCCN)C(O)C(O)C1N. The van der Waals surface area contributed by atoms with E-state index in [9.17, 15) is 15.3 Å². The Morgan fingerprint density at radius 2 is 1.86 bits per heavy atom. The average molecular weight is 419 g/mol. The van der Waals surface area contributed by atoms with E-state index in [0.29, 0.717) is 19.6 Å². The van der Waals surface area contributed by atoms with Gasteiger partial charge < -0.3 is 53.6 Å². The maximum absolute atomic E-state index is 10.5. The Labute approximate surface area is 173 Å². The predicted molar refractivity (Wildman–Crippen MR) is 112 cm³/mol. The van der Waals surface area contributed by atoms with Crippen LogP contribution in [-0.2, 0) is 4.74 Å². The van der Waals surface area contributed by atoms with Crippen LogP contribution in [0.1, 0.15) is 26.2 Å². The van der Waals surface area contributed by atoms with Crippen molar-refractivity contribution in [1.82, 2.24) is 10.6 Å². The lowest BCUT2D eigenvalue weighted by molar-refractivity contribution is -0.199. The minimum absolute atomic E-state index is 0.0313. The van der Waals surface area contributed by atoms with E-state index in [-0.39, 0.29) is 30.5 Å². The molecule has 1 saturated carbocycles. The quantitative estimate of drug-likeness (QED) is 0.160. The summed E-state index contributed by atoms with van der Waals surface area (Å²) < 4.78 is 6.21. The van der Waals surface area contributed by atoms with Gasteiger partial charge in [0.25, 0.3) is 0 Å². The molecule has 10 nitrogen and oxygen atoms in total. The smallest absolute Gasteiger partial charge is 0.109 e. The third-order valence-electron chi connectivity index (χ3n) is 6.40. The van der Waals surface area contributed by atoms with Crippen LogP contribution in [0, 0.1) is 11.8 Å². The molecule has 10 unspecified atom stereocenters. The molecule has 0 amide bonds. The highest BCUT2D eigenvalue weighted by Gasteiger charge is 2.49. The molecular weight excluding hydrogens is 376 g/mol. The van der Waals surface area contributed by atoms with E-state index in [1.54, 1.807) is 0 Å². The first-order valence-corrected chi connectivity index (χ1v) is 10.8. The van der Waals surface area contributed by atoms with Crippen molar-refractivity contribution in [3.63, 3.8) is 0 Å². The summed E-state index contributed by atoms with van der Waals surface area (Å²) in [6.45, 7) is 4.49. The van der Waals surface area contributed by atoms with Crippen molar-refractivity contribution in [3.8, 4) is 0 Å². The van der Waals surface area contributed by atoms with Gasteiger partial charge in [-0.25, -0.2) is 0 Å². The van der Waals surface area contributed by atoms with E-state index in [1.807, 2.05) is 0 Å². The van der Waals surface area contributed by atoms with E-state index < -0.39 is 36.6 Å². The fourth-order valence-electron chi connectivity index (χ4n) is 4.73. The van der Waals surface area contributed by atoms with Gasteiger partial charge in [-0.15, -0.1) is 0 Å². The molecule has 0 spiro atoms. The molecule has 2 rings (SSSR count). The van der Waals surface area contributed by atoms with Crippen molar-refractivity contribution >= 4 is 0 Å². The summed E-state index contributed by atoms with van der Waals surface area (Å²) in [7, 11) is 0. The first-order valence-electron chi connectivity index (χ1n) is 10.8. The van der Waals surface area contributed by atoms with Crippen LogP contribution in [0.3, 0.4) is 0 Å². The second kappa shape index (κ2) is 11.8. The van der Waals surface area contributed by atoms with Gasteiger partial charge in [-0.2, -0.15) is 0 Å². The molecule has 0 bridgehead atoms. The van der Waals surface area contributed by atoms with Crippen LogP contribution in [0.4, 0.5) is 0 Å². The molecule has 0 radical (unpaired) electrons. The molecule has 0 aromatic rings. The molecule has 1 heterocycles. The van der Waals surface area contributed by atoms with Gasteiger partial charge in [0, 0.05) is 37.6 Å². The third kappa shape index (κ3) is 6.54. The molecule has 1 aliphatic carbocycles. The van der Waals surface area contributed by atoms with Crippen LogP contribution in [0.15, 0.2) is 0 Å². The monoisotopic (exact) mass is 418 g/mol. The normalized spacial score (nSPS) is 42.0. The maximum Gasteiger partial charge on any atom is 0.109 e. The summed E-state index contributed by atoms with van der Waals surface area (Å²) in [6, 6.07) is -0.690. The summed E-state index contributed by atoms with van der Waals surface area (Å²) in [4.78, 5) is 0. The summed E-state index contributed by atoms with van der Waals surface area (Å²) in [6.07, 6.45) is -1.26. The van der Waals surface area contributed by atoms with Gasteiger partial charge in [-0.1, -0.05) is 6.92 Å². The van der Waals surface area contributed by atoms with Crippen molar-refractivity contribution in [2.24, 2.45) is 34.8 Å². The Balaban J connectivity index is 1.99. The van der Waals surface area contributed by atoms with E-state index >= 15 is 0 Å². The number of rotatable bonds is 10. The molecule has 0 aromatic heterocycles. The third-order valence-corrected chi connectivity index (χ3v) is 6.40. The Kier molecular flexibility index (Phi) is 10.2. The molecule has 1 aliphatic heterocycles. The zero-order valence-corrected chi connectivity index (χ0v) is 17.5. The number of hydrogen-bond acceptors (Lipinski definition) is 10. The first kappa shape index (κ1) is 24.9. The van der Waals surface area contributed by atoms with Gasteiger partial charge in [-0.05, 0) is 38.3 Å². The standard InChI is InChI=1S/C19H42N6O4/c1-10-5-11(25-8-12(26)7-21)6-13(22)15(10)19-16(23)18(28)17(27)14(29-19)9-24-4-2-3-20/h10-19,24-28H,2-9,20-23H2,1H3. The zero-order valence-electron chi connectivity index (χ0n) is 17.5. The lowest BCUT2D eigenvalue weighted by Crippen LogP contribution is -2.67. The van der Waals surface area contributed by atoms with Gasteiger partial charge in [0.15, 0.2) is 0 Å². The lowest BCUT2D eigenvalue weighted by Gasteiger charge is -2.50. The van der Waals surface area contributed by atoms with Gasteiger partial charge in [0.05, 0.1) is 24.4 Å². The predicted octanol–water partition coefficient (Wildman–Crippen LogP) is -3.61. The fourth-order valence-corrected chi connectivity index (χ4v) is 4.73. The molecule has 13 N–H and O–H groups in total. The first-order chi connectivity index (χ1) is 13.8. The summed E-state index contributed by atoms with van der Waals surface area (Å²) >= 11 is 0. The highest BCUT2D eigenvalue weighted by Crippen LogP contribution is 2.37. The van der Waals surface area contributed by atoms with E-state index in [4.69, 9.17) is 27.7 Å². The van der Waals surface area contributed by atoms with Crippen LogP contribution in [0.5, 0.6) is 0 Å². The van der Waals surface area contributed by atoms with Crippen molar-refractivity contribution in [1.29, 1.82) is 0 Å². The molecule has 29 heavy (non-hydrogen) atoms. The second-order valence-electron chi connectivity index (χ2n) is 8.73. The molecule has 0 aromatic carbocycles. The Hall–Kier alpha value is -0.400. The summed E-state index contributed by atoms with van der Waals surface area (Å²) in [5.41, 5.74) is 23.8. The number of aliphatic hydroxyl groups is 3. The highest BCUT2D eigenvalue weighted by atomic mass is 16.5. The van der Waals surface area contributed by atoms with Crippen LogP contribution >= 0.6 is 0 Å². The molecule has 10 heteroatoms. The Bertz CT molecular complexity index is 464. The van der Waals surface area contributed by atoms with Gasteiger partial charge in [0.1, 0.15) is 12.2 Å². The van der Waals surface area contributed by atoms with E-state index in [1.165, 1.54) is 0 Å². The van der Waals surface area contributed by atoms with Crippen LogP contribution in [0.25, 0.3) is 0 Å². The molecule has 2 fully saturated rings. The largest absolute Gasteiger partial charge is 0.390 e. The minimum Gasteiger partial charge on any atom is -0.390 e. The number of aliphatic hydroxyl groups excluding tert-OH is 3. The second-order valence-corrected chi connectivity index (χ2v) is 8.73. The van der Waals surface area contributed by atoms with Gasteiger partial charge in [-0.3, -0.25) is 0 Å². The summed E-state index contributed by atoms with van der Waals surface area (Å²) in [5, 5.41) is 37.2. The van der Waals surface area contributed by atoms with Crippen molar-refractivity contribution in [2.45, 2.75) is 74.8 Å². The van der Waals surface area contributed by atoms with Crippen molar-refractivity contribution in [3.05, 3.63) is 0 Å². The average Bonchev–Trinajstić information content (AvgIpc) is 2.69. The number of nitrogens with one attached hydrogen (secondary N) is 2. The van der Waals surface area contributed by atoms with Crippen molar-refractivity contribution in [2.75, 3.05) is 32.7 Å². The molecule has 172 valence electrons. The zero-order chi connectivity index (χ0) is 21.6. The van der Waals surface area contributed by atoms with Crippen LogP contribution in [-0.4, -0.2) is 96.7 Å². The highest BCUT2D eigenvalue weighted by molar-refractivity contribution is 5.03. The molecular formula is C19H42N6O4. The van der Waals surface area contributed by atoms with E-state index in [2.05, 4.69) is 17.6 Å². The molecule has 10 atom stereocenters. The van der Waals surface area contributed by atoms with E-state index in [0.717, 1.165) is 25.8 Å². The van der Waals surface area contributed by atoms with Crippen molar-refractivity contribution < 1.29 is 20.1 Å². The number of hydrogen-bond donors (Lipinski definition) is 9. The van der Waals surface area contributed by atoms with Crippen LogP contribution in [0.2, 0.25) is 0 Å². The number of nitrogens with two attached hydrogens (primary N) is 4. The Morgan fingerprint density at radius 1 is 1.14 bits per heavy atom. The number of ether oxygens (including phenoxy) is 1. The summed E-state index contributed by atoms with van der Waals surface area (Å²) in [5.74, 6) is 0.173. The van der Waals surface area contributed by atoms with Crippen LogP contribution < -0.4 is 33.6 Å². The molecule has 2 aliphatic rings.